The smallest absolute Gasteiger partial charge is 0.323 e. The lowest BCUT2D eigenvalue weighted by molar-refractivity contribution is 0.0281. The Labute approximate surface area is 199 Å². The quantitative estimate of drug-likeness (QED) is 0.623. The molecule has 0 unspecified atom stereocenters. The van der Waals surface area contributed by atoms with Crippen molar-refractivity contribution in [3.05, 3.63) is 53.1 Å². The van der Waals surface area contributed by atoms with Crippen molar-refractivity contribution in [1.82, 2.24) is 10.2 Å². The van der Waals surface area contributed by atoms with Crippen molar-refractivity contribution in [2.75, 3.05) is 44.5 Å². The lowest BCUT2D eigenvalue weighted by Crippen LogP contribution is -2.44. The van der Waals surface area contributed by atoms with Gasteiger partial charge in [0.1, 0.15) is 12.4 Å². The highest BCUT2D eigenvalue weighted by atomic mass is 35.5. The number of rotatable bonds is 3. The van der Waals surface area contributed by atoms with Gasteiger partial charge in [0.25, 0.3) is 5.91 Å². The van der Waals surface area contributed by atoms with Crippen molar-refractivity contribution in [3.63, 3.8) is 0 Å². The van der Waals surface area contributed by atoms with Crippen LogP contribution in [0.15, 0.2) is 42.5 Å². The first-order valence-corrected chi connectivity index (χ1v) is 11.3. The minimum absolute atomic E-state index is 0.0892. The van der Waals surface area contributed by atoms with Gasteiger partial charge in [0.15, 0.2) is 0 Å². The Hall–Kier alpha value is -2.81. The Morgan fingerprint density at radius 2 is 1.91 bits per heavy atom. The highest BCUT2D eigenvalue weighted by Crippen LogP contribution is 2.26. The van der Waals surface area contributed by atoms with Gasteiger partial charge in [-0.15, -0.1) is 0 Å². The molecule has 0 spiro atoms. The second-order valence-corrected chi connectivity index (χ2v) is 8.79. The number of nitrogens with zero attached hydrogens (tertiary/aromatic N) is 1. The van der Waals surface area contributed by atoms with Crippen molar-refractivity contribution in [2.45, 2.75) is 26.0 Å². The molecule has 9 heteroatoms. The van der Waals surface area contributed by atoms with Crippen molar-refractivity contribution >= 4 is 34.9 Å². The molecule has 1 aliphatic heterocycles. The molecule has 0 bridgehead atoms. The average Bonchev–Trinajstić information content (AvgIpc) is 2.78. The number of hydrogen-bond acceptors (Lipinski definition) is 5. The van der Waals surface area contributed by atoms with Crippen LogP contribution in [0.25, 0.3) is 0 Å². The van der Waals surface area contributed by atoms with E-state index in [1.807, 2.05) is 6.92 Å². The summed E-state index contributed by atoms with van der Waals surface area (Å²) in [5.74, 6) is 0.456. The number of carbonyl (C=O) groups excluding carboxylic acids is 2. The Bertz CT molecular complexity index is 987. The van der Waals surface area contributed by atoms with E-state index in [1.165, 1.54) is 0 Å². The largest absolute Gasteiger partial charge is 0.491 e. The van der Waals surface area contributed by atoms with E-state index in [-0.39, 0.29) is 24.0 Å². The van der Waals surface area contributed by atoms with Crippen LogP contribution >= 0.6 is 11.6 Å². The standard InChI is InChI=1S/C24H31ClN4O4/c1-15-12-26-16(2)14-33-21-9-8-19(11-20(21)23(30)29(3)13-22(15)32-4)28-24(31)27-18-7-5-6-17(25)10-18/h5-11,15-16,22,26H,12-14H2,1-4H3,(H2,27,28,31)/t15-,16-,22-/m0/s1. The molecule has 2 aromatic rings. The van der Waals surface area contributed by atoms with Crippen LogP contribution in [-0.4, -0.2) is 62.8 Å². The summed E-state index contributed by atoms with van der Waals surface area (Å²) < 4.78 is 11.6. The van der Waals surface area contributed by atoms with Crippen molar-refractivity contribution in [2.24, 2.45) is 5.92 Å². The fourth-order valence-electron chi connectivity index (χ4n) is 3.60. The van der Waals surface area contributed by atoms with Gasteiger partial charge in [0.2, 0.25) is 0 Å². The number of anilines is 2. The number of halogens is 1. The number of urea groups is 1. The van der Waals surface area contributed by atoms with Gasteiger partial charge < -0.3 is 30.3 Å². The van der Waals surface area contributed by atoms with Gasteiger partial charge in [-0.1, -0.05) is 24.6 Å². The molecule has 3 amide bonds. The molecule has 0 radical (unpaired) electrons. The van der Waals surface area contributed by atoms with E-state index < -0.39 is 6.03 Å². The molecule has 0 saturated heterocycles. The monoisotopic (exact) mass is 474 g/mol. The Kier molecular flexibility index (Phi) is 8.55. The molecule has 3 N–H and O–H groups in total. The summed E-state index contributed by atoms with van der Waals surface area (Å²) in [4.78, 5) is 27.4. The number of amides is 3. The van der Waals surface area contributed by atoms with E-state index in [2.05, 4.69) is 22.9 Å². The van der Waals surface area contributed by atoms with E-state index >= 15 is 0 Å². The molecule has 0 fully saturated rings. The van der Waals surface area contributed by atoms with Gasteiger partial charge in [-0.05, 0) is 49.2 Å². The van der Waals surface area contributed by atoms with Crippen molar-refractivity contribution in [3.8, 4) is 5.75 Å². The minimum atomic E-state index is -0.446. The molecule has 33 heavy (non-hydrogen) atoms. The summed E-state index contributed by atoms with van der Waals surface area (Å²) in [7, 11) is 3.39. The summed E-state index contributed by atoms with van der Waals surface area (Å²) in [5.41, 5.74) is 1.40. The van der Waals surface area contributed by atoms with E-state index in [9.17, 15) is 9.59 Å². The molecule has 0 saturated carbocycles. The lowest BCUT2D eigenvalue weighted by atomic mass is 10.0. The molecular weight excluding hydrogens is 444 g/mol. The number of hydrogen-bond donors (Lipinski definition) is 3. The molecule has 3 rings (SSSR count). The first kappa shape index (κ1) is 24.8. The third-order valence-corrected chi connectivity index (χ3v) is 5.80. The molecule has 2 aromatic carbocycles. The molecule has 178 valence electrons. The third kappa shape index (κ3) is 6.83. The van der Waals surface area contributed by atoms with Gasteiger partial charge in [-0.3, -0.25) is 4.79 Å². The van der Waals surface area contributed by atoms with Crippen LogP contribution in [0, 0.1) is 5.92 Å². The second-order valence-electron chi connectivity index (χ2n) is 8.36. The number of carbonyl (C=O) groups is 2. The van der Waals surface area contributed by atoms with Gasteiger partial charge in [-0.2, -0.15) is 0 Å². The van der Waals surface area contributed by atoms with Gasteiger partial charge in [-0.25, -0.2) is 4.79 Å². The van der Waals surface area contributed by atoms with Crippen LogP contribution in [-0.2, 0) is 4.74 Å². The van der Waals surface area contributed by atoms with E-state index in [4.69, 9.17) is 21.1 Å². The number of methoxy groups -OCH3 is 1. The molecule has 1 aliphatic rings. The maximum absolute atomic E-state index is 13.3. The number of nitrogens with one attached hydrogen (secondary N) is 3. The van der Waals surface area contributed by atoms with Crippen LogP contribution in [0.2, 0.25) is 5.02 Å². The number of benzene rings is 2. The normalized spacial score (nSPS) is 21.8. The summed E-state index contributed by atoms with van der Waals surface area (Å²) in [6.07, 6.45) is -0.118. The maximum atomic E-state index is 13.3. The zero-order valence-electron chi connectivity index (χ0n) is 19.4. The minimum Gasteiger partial charge on any atom is -0.491 e. The first-order valence-electron chi connectivity index (χ1n) is 10.9. The predicted octanol–water partition coefficient (Wildman–Crippen LogP) is 4.08. The average molecular weight is 475 g/mol. The fourth-order valence-corrected chi connectivity index (χ4v) is 3.79. The SMILES string of the molecule is CO[C@H]1CN(C)C(=O)c2cc(NC(=O)Nc3cccc(Cl)c3)ccc2OC[C@H](C)NC[C@@H]1C. The maximum Gasteiger partial charge on any atom is 0.323 e. The third-order valence-electron chi connectivity index (χ3n) is 5.57. The van der Waals surface area contributed by atoms with Crippen molar-refractivity contribution < 1.29 is 19.1 Å². The van der Waals surface area contributed by atoms with Crippen LogP contribution in [0.4, 0.5) is 16.2 Å². The first-order chi connectivity index (χ1) is 15.8. The zero-order chi connectivity index (χ0) is 24.0. The van der Waals surface area contributed by atoms with Crippen LogP contribution in [0.5, 0.6) is 5.75 Å². The summed E-state index contributed by atoms with van der Waals surface area (Å²) >= 11 is 5.97. The second kappa shape index (κ2) is 11.4. The Balaban J connectivity index is 1.82. The Morgan fingerprint density at radius 3 is 2.61 bits per heavy atom. The molecule has 0 aromatic heterocycles. The zero-order valence-corrected chi connectivity index (χ0v) is 20.1. The summed E-state index contributed by atoms with van der Waals surface area (Å²) in [6.45, 7) is 5.70. The molecule has 0 aliphatic carbocycles. The van der Waals surface area contributed by atoms with E-state index in [0.29, 0.717) is 40.9 Å². The van der Waals surface area contributed by atoms with Gasteiger partial charge >= 0.3 is 6.03 Å². The van der Waals surface area contributed by atoms with E-state index in [0.717, 1.165) is 6.54 Å². The van der Waals surface area contributed by atoms with Gasteiger partial charge in [0.05, 0.1) is 11.7 Å². The molecule has 8 nitrogen and oxygen atoms in total. The Morgan fingerprint density at radius 1 is 1.18 bits per heavy atom. The highest BCUT2D eigenvalue weighted by Gasteiger charge is 2.25. The summed E-state index contributed by atoms with van der Waals surface area (Å²) in [6, 6.07) is 11.5. The number of fused-ring (bicyclic) bond motifs is 1. The van der Waals surface area contributed by atoms with Crippen LogP contribution < -0.4 is 20.7 Å². The van der Waals surface area contributed by atoms with Crippen molar-refractivity contribution in [1.29, 1.82) is 0 Å². The lowest BCUT2D eigenvalue weighted by Gasteiger charge is -2.30. The molecule has 3 atom stereocenters. The number of likely N-dealkylation sites (N-methyl/N-ethyl adjacent to an activating group) is 1. The van der Waals surface area contributed by atoms with Crippen LogP contribution in [0.1, 0.15) is 24.2 Å². The molecular formula is C24H31ClN4O4. The van der Waals surface area contributed by atoms with Gasteiger partial charge in [0, 0.05) is 49.7 Å². The topological polar surface area (TPSA) is 91.9 Å². The summed E-state index contributed by atoms with van der Waals surface area (Å²) in [5, 5.41) is 9.46. The molecule has 1 heterocycles. The highest BCUT2D eigenvalue weighted by molar-refractivity contribution is 6.30. The van der Waals surface area contributed by atoms with E-state index in [1.54, 1.807) is 61.5 Å². The van der Waals surface area contributed by atoms with Crippen LogP contribution in [0.3, 0.4) is 0 Å². The number of ether oxygens (including phenoxy) is 2. The predicted molar refractivity (Wildman–Crippen MR) is 130 cm³/mol. The fraction of sp³-hybridized carbons (Fsp3) is 0.417.